The lowest BCUT2D eigenvalue weighted by molar-refractivity contribution is -0.159. The minimum Gasteiger partial charge on any atom is -0.378 e. The van der Waals surface area contributed by atoms with Gasteiger partial charge < -0.3 is 19.1 Å². The quantitative estimate of drug-likeness (QED) is 0.181. The highest BCUT2D eigenvalue weighted by molar-refractivity contribution is 5.82. The zero-order valence-electron chi connectivity index (χ0n) is 26.2. The first-order chi connectivity index (χ1) is 17.7. The zero-order valence-corrected chi connectivity index (χ0v) is 26.2. The molecule has 0 unspecified atom stereocenters. The molecule has 38 heavy (non-hydrogen) atoms. The van der Waals surface area contributed by atoms with Crippen molar-refractivity contribution in [3.8, 4) is 0 Å². The van der Waals surface area contributed by atoms with Gasteiger partial charge in [0.25, 0.3) is 0 Å². The molecule has 0 heterocycles. The van der Waals surface area contributed by atoms with Gasteiger partial charge in [-0.15, -0.1) is 0 Å². The molecule has 0 saturated heterocycles. The molecule has 0 fully saturated rings. The highest BCUT2D eigenvalue weighted by atomic mass is 16.5. The number of carbonyl (C=O) groups is 4. The van der Waals surface area contributed by atoms with Crippen LogP contribution in [0.5, 0.6) is 0 Å². The van der Waals surface area contributed by atoms with E-state index < -0.39 is 11.0 Å². The van der Waals surface area contributed by atoms with Gasteiger partial charge in [0.1, 0.15) is 22.9 Å². The Bertz CT molecular complexity index is 673. The van der Waals surface area contributed by atoms with Crippen molar-refractivity contribution >= 4 is 23.3 Å². The summed E-state index contributed by atoms with van der Waals surface area (Å²) in [7, 11) is 1.72. The van der Waals surface area contributed by atoms with Crippen molar-refractivity contribution in [2.75, 3.05) is 46.7 Å². The van der Waals surface area contributed by atoms with E-state index in [0.29, 0.717) is 6.42 Å². The molecule has 224 valence electrons. The van der Waals surface area contributed by atoms with Crippen LogP contribution in [-0.4, -0.2) is 80.4 Å². The van der Waals surface area contributed by atoms with Crippen LogP contribution in [0.3, 0.4) is 0 Å². The van der Waals surface area contributed by atoms with E-state index in [0.717, 1.165) is 6.42 Å². The second-order valence-corrected chi connectivity index (χ2v) is 11.1. The summed E-state index contributed by atoms with van der Waals surface area (Å²) in [5, 5.41) is 0. The summed E-state index contributed by atoms with van der Waals surface area (Å²) < 4.78 is 17.8. The molecular weight excluding hydrogens is 486 g/mol. The van der Waals surface area contributed by atoms with E-state index in [9.17, 15) is 19.2 Å². The van der Waals surface area contributed by atoms with E-state index in [1.807, 2.05) is 62.3 Å². The van der Waals surface area contributed by atoms with Crippen LogP contribution in [0.4, 0.5) is 0 Å². The van der Waals surface area contributed by atoms with Gasteiger partial charge in [0.05, 0.1) is 39.6 Å². The maximum absolute atomic E-state index is 13.6. The van der Waals surface area contributed by atoms with E-state index >= 15 is 0 Å². The van der Waals surface area contributed by atoms with E-state index in [4.69, 9.17) is 14.2 Å². The predicted molar refractivity (Wildman–Crippen MR) is 152 cm³/mol. The molecule has 0 aliphatic heterocycles. The third-order valence-electron chi connectivity index (χ3n) is 6.45. The molecule has 0 aromatic rings. The molecule has 0 bridgehead atoms. The smallest absolute Gasteiger partial charge is 0.228 e. The third-order valence-corrected chi connectivity index (χ3v) is 6.45. The zero-order chi connectivity index (χ0) is 29.9. The summed E-state index contributed by atoms with van der Waals surface area (Å²) in [6, 6.07) is 0. The number of ketones is 3. The molecule has 0 rings (SSSR count). The van der Waals surface area contributed by atoms with Gasteiger partial charge in [0.15, 0.2) is 0 Å². The molecule has 8 nitrogen and oxygen atoms in total. The van der Waals surface area contributed by atoms with E-state index in [2.05, 4.69) is 0 Å². The Balaban J connectivity index is 0. The van der Waals surface area contributed by atoms with Crippen LogP contribution in [0, 0.1) is 17.3 Å². The van der Waals surface area contributed by atoms with Crippen molar-refractivity contribution in [2.24, 2.45) is 17.3 Å². The van der Waals surface area contributed by atoms with Crippen LogP contribution >= 0.6 is 0 Å². The molecule has 0 aromatic heterocycles. The Morgan fingerprint density at radius 1 is 0.737 bits per heavy atom. The molecule has 0 radical (unpaired) electrons. The highest BCUT2D eigenvalue weighted by Crippen LogP contribution is 2.29. The van der Waals surface area contributed by atoms with Gasteiger partial charge in [-0.2, -0.15) is 0 Å². The van der Waals surface area contributed by atoms with Crippen LogP contribution < -0.4 is 0 Å². The number of amides is 1. The molecule has 0 aromatic carbocycles. The first-order valence-corrected chi connectivity index (χ1v) is 14.3. The first-order valence-electron chi connectivity index (χ1n) is 14.3. The number of carbonyl (C=O) groups excluding carboxylic acids is 4. The maximum Gasteiger partial charge on any atom is 0.228 e. The minimum absolute atomic E-state index is 0.0148. The van der Waals surface area contributed by atoms with Crippen LogP contribution in [0.25, 0.3) is 0 Å². The lowest BCUT2D eigenvalue weighted by Crippen LogP contribution is -2.61. The lowest BCUT2D eigenvalue weighted by Gasteiger charge is -2.44. The minimum atomic E-state index is -0.985. The Morgan fingerprint density at radius 2 is 1.11 bits per heavy atom. The second-order valence-electron chi connectivity index (χ2n) is 11.1. The molecule has 8 heteroatoms. The van der Waals surface area contributed by atoms with Gasteiger partial charge in [-0.3, -0.25) is 19.2 Å². The number of hydrogen-bond acceptors (Lipinski definition) is 7. The number of ether oxygens (including phenoxy) is 3. The summed E-state index contributed by atoms with van der Waals surface area (Å²) in [5.41, 5.74) is -1.59. The van der Waals surface area contributed by atoms with Crippen LogP contribution in [-0.2, 0) is 33.4 Å². The maximum atomic E-state index is 13.6. The second kappa shape index (κ2) is 20.3. The summed E-state index contributed by atoms with van der Waals surface area (Å²) in [6.07, 6.45) is 2.40. The van der Waals surface area contributed by atoms with Gasteiger partial charge in [-0.25, -0.2) is 0 Å². The van der Waals surface area contributed by atoms with Crippen LogP contribution in [0.15, 0.2) is 0 Å². The van der Waals surface area contributed by atoms with Gasteiger partial charge in [-0.1, -0.05) is 68.7 Å². The number of likely N-dealkylation sites (N-methyl/N-ethyl adjacent to an activating group) is 1. The van der Waals surface area contributed by atoms with Crippen molar-refractivity contribution in [2.45, 2.75) is 107 Å². The Labute approximate surface area is 232 Å². The van der Waals surface area contributed by atoms with Crippen LogP contribution in [0.1, 0.15) is 101 Å². The summed E-state index contributed by atoms with van der Waals surface area (Å²) in [5.74, 6) is 0.0122. The lowest BCUT2D eigenvalue weighted by atomic mass is 9.84. The fourth-order valence-corrected chi connectivity index (χ4v) is 3.74. The molecule has 0 atom stereocenters. The monoisotopic (exact) mass is 543 g/mol. The summed E-state index contributed by atoms with van der Waals surface area (Å²) >= 11 is 0. The molecule has 0 N–H and O–H groups in total. The first kappa shape index (κ1) is 38.5. The molecule has 0 aliphatic carbocycles. The SMILES string of the molecule is CC.CCCC(C)(C)C(=O)N(C)C(COCCC(C)=O)(COCCC(=O)C(C)C)COCCC(=O)C(C)C. The van der Waals surface area contributed by atoms with E-state index in [1.54, 1.807) is 11.9 Å². The predicted octanol–water partition coefficient (Wildman–Crippen LogP) is 5.30. The number of nitrogens with zero attached hydrogens (tertiary/aromatic N) is 1. The molecule has 1 amide bonds. The van der Waals surface area contributed by atoms with Crippen molar-refractivity contribution in [1.29, 1.82) is 0 Å². The van der Waals surface area contributed by atoms with Crippen molar-refractivity contribution in [3.63, 3.8) is 0 Å². The van der Waals surface area contributed by atoms with E-state index in [1.165, 1.54) is 6.92 Å². The Morgan fingerprint density at radius 3 is 1.42 bits per heavy atom. The van der Waals surface area contributed by atoms with Crippen molar-refractivity contribution in [1.82, 2.24) is 4.90 Å². The summed E-state index contributed by atoms with van der Waals surface area (Å²) in [6.45, 7) is 19.7. The van der Waals surface area contributed by atoms with Gasteiger partial charge in [0, 0.05) is 43.6 Å². The summed E-state index contributed by atoms with van der Waals surface area (Å²) in [4.78, 5) is 50.8. The molecule has 0 aliphatic rings. The number of hydrogen-bond donors (Lipinski definition) is 0. The Hall–Kier alpha value is -1.64. The Kier molecular flexibility index (Phi) is 20.6. The average Bonchev–Trinajstić information content (AvgIpc) is 2.86. The van der Waals surface area contributed by atoms with E-state index in [-0.39, 0.29) is 94.0 Å². The molecule has 0 spiro atoms. The largest absolute Gasteiger partial charge is 0.378 e. The fraction of sp³-hybridized carbons (Fsp3) is 0.867. The van der Waals surface area contributed by atoms with Gasteiger partial charge in [0.2, 0.25) is 5.91 Å². The van der Waals surface area contributed by atoms with Crippen molar-refractivity contribution < 1.29 is 33.4 Å². The number of Topliss-reactive ketones (excluding diaryl/α,β-unsaturated/α-hetero) is 3. The standard InChI is InChI=1S/C28H51NO7.C2H6/c1-10-14-27(7,8)26(33)29(9)28(18-34-15-11-23(6)30,19-35-16-12-24(31)21(2)3)20-36-17-13-25(32)22(4)5;1-2/h21-22H,10-20H2,1-9H3;1-2H3. The normalized spacial score (nSPS) is 11.8. The van der Waals surface area contributed by atoms with Crippen molar-refractivity contribution in [3.05, 3.63) is 0 Å². The third kappa shape index (κ3) is 15.1. The average molecular weight is 544 g/mol. The van der Waals surface area contributed by atoms with Crippen LogP contribution in [0.2, 0.25) is 0 Å². The van der Waals surface area contributed by atoms with Gasteiger partial charge in [-0.05, 0) is 13.3 Å². The number of rotatable bonds is 21. The topological polar surface area (TPSA) is 99.2 Å². The molecule has 0 saturated carbocycles. The van der Waals surface area contributed by atoms with Gasteiger partial charge >= 0.3 is 0 Å². The molecular formula is C30H57NO7. The fourth-order valence-electron chi connectivity index (χ4n) is 3.74. The highest BCUT2D eigenvalue weighted by Gasteiger charge is 2.43.